The zero-order chi connectivity index (χ0) is 15.4. The van der Waals surface area contributed by atoms with Crippen molar-refractivity contribution < 1.29 is 4.79 Å². The summed E-state index contributed by atoms with van der Waals surface area (Å²) in [5, 5.41) is 14.5. The van der Waals surface area contributed by atoms with Crippen LogP contribution in [0.2, 0.25) is 5.02 Å². The fourth-order valence-electron chi connectivity index (χ4n) is 2.27. The van der Waals surface area contributed by atoms with Crippen LogP contribution in [0, 0.1) is 0 Å². The van der Waals surface area contributed by atoms with Crippen molar-refractivity contribution in [3.8, 4) is 0 Å². The number of nitrogens with zero attached hydrogens (tertiary/aromatic N) is 2. The van der Waals surface area contributed by atoms with Gasteiger partial charge in [0.2, 0.25) is 5.91 Å². The number of piperidine rings is 1. The summed E-state index contributed by atoms with van der Waals surface area (Å²) in [6.45, 7) is 0.899. The average Bonchev–Trinajstić information content (AvgIpc) is 3.04. The Morgan fingerprint density at radius 1 is 1.43 bits per heavy atom. The second-order valence-corrected chi connectivity index (χ2v) is 7.47. The van der Waals surface area contributed by atoms with E-state index in [0.717, 1.165) is 35.0 Å². The molecule has 1 fully saturated rings. The molecule has 0 aliphatic carbocycles. The first-order valence-electron chi connectivity index (χ1n) is 7.00. The Morgan fingerprint density at radius 2 is 2.30 bits per heavy atom. The second kappa shape index (κ2) is 8.84. The Bertz CT molecular complexity index is 648. The summed E-state index contributed by atoms with van der Waals surface area (Å²) in [4.78, 5) is 13.1. The Kier molecular flexibility index (Phi) is 7.10. The van der Waals surface area contributed by atoms with Gasteiger partial charge in [-0.3, -0.25) is 4.79 Å². The first-order valence-corrected chi connectivity index (χ1v) is 9.07. The number of anilines is 1. The van der Waals surface area contributed by atoms with E-state index in [0.29, 0.717) is 10.7 Å². The second-order valence-electron chi connectivity index (χ2n) is 4.94. The molecule has 0 spiro atoms. The highest BCUT2D eigenvalue weighted by atomic mass is 35.5. The molecule has 1 aliphatic rings. The van der Waals surface area contributed by atoms with Crippen LogP contribution in [-0.4, -0.2) is 28.7 Å². The summed E-state index contributed by atoms with van der Waals surface area (Å²) in [5.74, 6) is 0.000271. The van der Waals surface area contributed by atoms with Crippen molar-refractivity contribution >= 4 is 58.7 Å². The minimum atomic E-state index is -0.108. The van der Waals surface area contributed by atoms with Gasteiger partial charge >= 0.3 is 0 Å². The van der Waals surface area contributed by atoms with Gasteiger partial charge in [-0.15, -0.1) is 22.6 Å². The van der Waals surface area contributed by atoms with Crippen molar-refractivity contribution in [2.24, 2.45) is 0 Å². The summed E-state index contributed by atoms with van der Waals surface area (Å²) >= 11 is 9.21. The van der Waals surface area contributed by atoms with Gasteiger partial charge in [-0.1, -0.05) is 41.1 Å². The van der Waals surface area contributed by atoms with Gasteiger partial charge in [0.05, 0.1) is 11.1 Å². The van der Waals surface area contributed by atoms with Crippen molar-refractivity contribution in [1.82, 2.24) is 15.5 Å². The highest BCUT2D eigenvalue weighted by Crippen LogP contribution is 2.35. The van der Waals surface area contributed by atoms with Gasteiger partial charge in [0.25, 0.3) is 0 Å². The molecular formula is C14H16Cl2N4OS2. The first kappa shape index (κ1) is 18.5. The molecule has 0 bridgehead atoms. The third kappa shape index (κ3) is 5.06. The molecular weight excluding hydrogens is 375 g/mol. The van der Waals surface area contributed by atoms with Crippen molar-refractivity contribution in [2.45, 2.75) is 34.5 Å². The van der Waals surface area contributed by atoms with E-state index < -0.39 is 0 Å². The van der Waals surface area contributed by atoms with Crippen molar-refractivity contribution in [2.75, 3.05) is 11.9 Å². The van der Waals surface area contributed by atoms with Crippen LogP contribution in [0.1, 0.15) is 19.3 Å². The maximum absolute atomic E-state index is 12.2. The van der Waals surface area contributed by atoms with Gasteiger partial charge in [0.15, 0.2) is 4.34 Å². The monoisotopic (exact) mass is 390 g/mol. The molecule has 1 unspecified atom stereocenters. The molecule has 2 heterocycles. The van der Waals surface area contributed by atoms with Gasteiger partial charge in [-0.25, -0.2) is 0 Å². The highest BCUT2D eigenvalue weighted by Gasteiger charge is 2.20. The molecule has 0 radical (unpaired) electrons. The zero-order valence-corrected chi connectivity index (χ0v) is 15.3. The zero-order valence-electron chi connectivity index (χ0n) is 12.1. The van der Waals surface area contributed by atoms with Crippen LogP contribution < -0.4 is 10.6 Å². The number of benzene rings is 1. The topological polar surface area (TPSA) is 66.9 Å². The SMILES string of the molecule is Cl.O=C(Nc1ccc(Sc2nncs2)c(Cl)c1)C1CCCCN1. The molecule has 0 saturated carbocycles. The molecule has 1 saturated heterocycles. The number of carbonyl (C=O) groups excluding carboxylic acids is 1. The molecule has 2 N–H and O–H groups in total. The number of nitrogens with one attached hydrogen (secondary N) is 2. The number of amides is 1. The minimum absolute atomic E-state index is 0. The average molecular weight is 391 g/mol. The quantitative estimate of drug-likeness (QED) is 0.829. The van der Waals surface area contributed by atoms with E-state index >= 15 is 0 Å². The standard InChI is InChI=1S/C14H15ClN4OS2.ClH/c15-10-7-9(18-13(20)11-3-1-2-6-16-11)4-5-12(10)22-14-19-17-8-21-14;/h4-5,7-8,11,16H,1-3,6H2,(H,18,20);1H. The van der Waals surface area contributed by atoms with Crippen LogP contribution in [0.15, 0.2) is 32.9 Å². The Labute approximate surface area is 154 Å². The Balaban J connectivity index is 0.00000192. The number of hydrogen-bond donors (Lipinski definition) is 2. The largest absolute Gasteiger partial charge is 0.325 e. The number of halogens is 2. The highest BCUT2D eigenvalue weighted by molar-refractivity contribution is 8.01. The molecule has 23 heavy (non-hydrogen) atoms. The van der Waals surface area contributed by atoms with Gasteiger partial charge in [0.1, 0.15) is 5.51 Å². The Morgan fingerprint density at radius 3 is 2.96 bits per heavy atom. The lowest BCUT2D eigenvalue weighted by Gasteiger charge is -2.22. The smallest absolute Gasteiger partial charge is 0.241 e. The molecule has 1 amide bonds. The number of carbonyl (C=O) groups is 1. The molecule has 1 aromatic heterocycles. The van der Waals surface area contributed by atoms with Crippen LogP contribution in [0.25, 0.3) is 0 Å². The first-order chi connectivity index (χ1) is 10.7. The normalized spacial score (nSPS) is 17.3. The molecule has 1 aromatic carbocycles. The maximum Gasteiger partial charge on any atom is 0.241 e. The van der Waals surface area contributed by atoms with E-state index in [2.05, 4.69) is 20.8 Å². The minimum Gasteiger partial charge on any atom is -0.325 e. The van der Waals surface area contributed by atoms with E-state index in [9.17, 15) is 4.79 Å². The Hall–Kier alpha value is -0.860. The van der Waals surface area contributed by atoms with Crippen LogP contribution >= 0.6 is 47.1 Å². The number of aromatic nitrogens is 2. The molecule has 5 nitrogen and oxygen atoms in total. The summed E-state index contributed by atoms with van der Waals surface area (Å²) in [6.07, 6.45) is 3.10. The molecule has 1 aliphatic heterocycles. The van der Waals surface area contributed by atoms with Gasteiger partial charge in [0, 0.05) is 10.6 Å². The lowest BCUT2D eigenvalue weighted by atomic mass is 10.0. The van der Waals surface area contributed by atoms with E-state index in [1.165, 1.54) is 23.1 Å². The van der Waals surface area contributed by atoms with Gasteiger partial charge < -0.3 is 10.6 Å². The van der Waals surface area contributed by atoms with Crippen LogP contribution in [-0.2, 0) is 4.79 Å². The summed E-state index contributed by atoms with van der Waals surface area (Å²) in [7, 11) is 0. The predicted octanol–water partition coefficient (Wildman–Crippen LogP) is 3.85. The molecule has 1 atom stereocenters. The lowest BCUT2D eigenvalue weighted by Crippen LogP contribution is -2.43. The van der Waals surface area contributed by atoms with Crippen LogP contribution in [0.4, 0.5) is 5.69 Å². The van der Waals surface area contributed by atoms with Crippen molar-refractivity contribution in [3.63, 3.8) is 0 Å². The third-order valence-corrected chi connectivity index (χ3v) is 5.64. The van der Waals surface area contributed by atoms with Gasteiger partial charge in [-0.05, 0) is 37.6 Å². The lowest BCUT2D eigenvalue weighted by molar-refractivity contribution is -0.118. The van der Waals surface area contributed by atoms with E-state index in [-0.39, 0.29) is 24.4 Å². The fraction of sp³-hybridized carbons (Fsp3) is 0.357. The number of rotatable bonds is 4. The summed E-state index contributed by atoms with van der Waals surface area (Å²) in [5.41, 5.74) is 2.39. The van der Waals surface area contributed by atoms with E-state index in [4.69, 9.17) is 11.6 Å². The van der Waals surface area contributed by atoms with E-state index in [1.54, 1.807) is 11.6 Å². The summed E-state index contributed by atoms with van der Waals surface area (Å²) in [6, 6.07) is 5.41. The fourth-order valence-corrected chi connectivity index (χ4v) is 4.00. The third-order valence-electron chi connectivity index (χ3n) is 3.36. The molecule has 3 rings (SSSR count). The molecule has 2 aromatic rings. The maximum atomic E-state index is 12.2. The molecule has 124 valence electrons. The van der Waals surface area contributed by atoms with Crippen LogP contribution in [0.5, 0.6) is 0 Å². The van der Waals surface area contributed by atoms with Crippen molar-refractivity contribution in [1.29, 1.82) is 0 Å². The van der Waals surface area contributed by atoms with E-state index in [1.807, 2.05) is 12.1 Å². The molecule has 9 heteroatoms. The predicted molar refractivity (Wildman–Crippen MR) is 97.0 cm³/mol. The number of hydrogen-bond acceptors (Lipinski definition) is 6. The van der Waals surface area contributed by atoms with Gasteiger partial charge in [-0.2, -0.15) is 0 Å². The summed E-state index contributed by atoms with van der Waals surface area (Å²) < 4.78 is 0.838. The van der Waals surface area contributed by atoms with Crippen molar-refractivity contribution in [3.05, 3.63) is 28.7 Å². The van der Waals surface area contributed by atoms with Crippen LogP contribution in [0.3, 0.4) is 0 Å².